The van der Waals surface area contributed by atoms with Crippen molar-refractivity contribution in [1.82, 2.24) is 0 Å². The molecule has 21 nitrogen and oxygen atoms in total. The van der Waals surface area contributed by atoms with Gasteiger partial charge in [0.25, 0.3) is 5.79 Å². The molecule has 348 valence electrons. The quantitative estimate of drug-likeness (QED) is 0.0216. The van der Waals surface area contributed by atoms with E-state index >= 15 is 0 Å². The van der Waals surface area contributed by atoms with Crippen molar-refractivity contribution < 1.29 is 94.6 Å². The molecule has 0 aliphatic carbocycles. The minimum absolute atomic E-state index is 0.119. The first kappa shape index (κ1) is 51.4. The highest BCUT2D eigenvalue weighted by Crippen LogP contribution is 2.40. The second-order valence-corrected chi connectivity index (χ2v) is 18.0. The van der Waals surface area contributed by atoms with Gasteiger partial charge in [0.15, 0.2) is 12.7 Å². The molecule has 3 heterocycles. The zero-order valence-electron chi connectivity index (χ0n) is 33.5. The summed E-state index contributed by atoms with van der Waals surface area (Å²) in [6, 6.07) is 5.45. The molecular weight excluding hydrogens is 853 g/mol. The molecule has 0 spiro atoms. The number of carboxylic acids is 1. The van der Waals surface area contributed by atoms with E-state index in [9.17, 15) is 70.9 Å². The lowest BCUT2D eigenvalue weighted by Gasteiger charge is -2.46. The minimum Gasteiger partial charge on any atom is -0.487 e. The molecule has 23 heteroatoms. The molecule has 1 aromatic carbocycles. The van der Waals surface area contributed by atoms with Crippen molar-refractivity contribution in [2.75, 3.05) is 38.0 Å². The van der Waals surface area contributed by atoms with Gasteiger partial charge in [-0.1, -0.05) is 40.1 Å². The molecule has 16 atom stereocenters. The maximum absolute atomic E-state index is 12.6. The number of methoxy groups -OCH3 is 1. The number of carboxylic acid groups (broad SMARTS) is 1. The fourth-order valence-corrected chi connectivity index (χ4v) is 10.2. The lowest BCUT2D eigenvalue weighted by atomic mass is 9.89. The normalized spacial score (nSPS) is 32.5. The summed E-state index contributed by atoms with van der Waals surface area (Å²) in [7, 11) is 5.00. The van der Waals surface area contributed by atoms with E-state index in [1.165, 1.54) is 13.5 Å². The van der Waals surface area contributed by atoms with Crippen LogP contribution in [-0.2, 0) is 39.7 Å². The molecule has 1 amide bonds. The zero-order chi connectivity index (χ0) is 44.9. The molecule has 3 saturated heterocycles. The van der Waals surface area contributed by atoms with Crippen LogP contribution in [0.2, 0.25) is 0 Å². The molecule has 3 aliphatic rings. The number of unbranched alkanes of at least 4 members (excludes halogenated alkanes) is 1. The number of nitrogens with zero attached hydrogens (tertiary/aromatic N) is 1. The average Bonchev–Trinajstić information content (AvgIpc) is 3.78. The molecular formula is C38H60N2O19S2. The van der Waals surface area contributed by atoms with Crippen LogP contribution < -0.4 is 5.32 Å². The Labute approximate surface area is 360 Å². The maximum atomic E-state index is 12.6. The number of aliphatic hydroxyl groups excluding tert-OH is 11. The Balaban J connectivity index is 1.39. The molecule has 4 rings (SSSR count). The van der Waals surface area contributed by atoms with Crippen LogP contribution in [0.3, 0.4) is 0 Å². The number of amides is 1. The first-order valence-corrected chi connectivity index (χ1v) is 22.4. The van der Waals surface area contributed by atoms with Crippen LogP contribution in [0.15, 0.2) is 29.3 Å². The maximum Gasteiger partial charge on any atom is 0.364 e. The van der Waals surface area contributed by atoms with Crippen LogP contribution in [0, 0.1) is 0 Å². The van der Waals surface area contributed by atoms with Crippen molar-refractivity contribution >= 4 is 45.6 Å². The Morgan fingerprint density at radius 3 is 2.41 bits per heavy atom. The molecule has 16 unspecified atom stereocenters. The van der Waals surface area contributed by atoms with E-state index < -0.39 is 124 Å². The van der Waals surface area contributed by atoms with Gasteiger partial charge >= 0.3 is 5.97 Å². The Kier molecular flexibility index (Phi) is 20.8. The minimum atomic E-state index is -2.83. The van der Waals surface area contributed by atoms with E-state index in [1.807, 2.05) is 21.6 Å². The van der Waals surface area contributed by atoms with Crippen molar-refractivity contribution in [1.29, 1.82) is 0 Å². The van der Waals surface area contributed by atoms with Crippen molar-refractivity contribution in [2.24, 2.45) is 4.99 Å². The first-order valence-electron chi connectivity index (χ1n) is 20.0. The summed E-state index contributed by atoms with van der Waals surface area (Å²) in [5.74, 6) is -3.65. The summed E-state index contributed by atoms with van der Waals surface area (Å²) in [6.07, 6.45) is -20.3. The van der Waals surface area contributed by atoms with Crippen LogP contribution in [0.25, 0.3) is 0 Å². The number of benzene rings is 1. The van der Waals surface area contributed by atoms with E-state index in [0.717, 1.165) is 31.4 Å². The van der Waals surface area contributed by atoms with E-state index in [1.54, 1.807) is 24.3 Å². The monoisotopic (exact) mass is 912 g/mol. The number of carbonyl (C=O) groups is 2. The van der Waals surface area contributed by atoms with Crippen molar-refractivity contribution in [2.45, 2.75) is 148 Å². The number of hydrogen-bond donors (Lipinski definition) is 13. The summed E-state index contributed by atoms with van der Waals surface area (Å²) in [5.41, 5.74) is 1.22. The van der Waals surface area contributed by atoms with Gasteiger partial charge in [-0.15, -0.1) is 0 Å². The van der Waals surface area contributed by atoms with Crippen LogP contribution in [0.5, 0.6) is 0 Å². The lowest BCUT2D eigenvalue weighted by molar-refractivity contribution is -0.348. The molecule has 0 bridgehead atoms. The van der Waals surface area contributed by atoms with E-state index in [2.05, 4.69) is 10.3 Å². The van der Waals surface area contributed by atoms with Crippen LogP contribution in [0.1, 0.15) is 50.5 Å². The number of aryl methyl sites for hydroxylation is 1. The van der Waals surface area contributed by atoms with Gasteiger partial charge in [-0.3, -0.25) is 4.79 Å². The summed E-state index contributed by atoms with van der Waals surface area (Å²) >= 11 is 0. The highest BCUT2D eigenvalue weighted by molar-refractivity contribution is 8.77. The largest absolute Gasteiger partial charge is 0.487 e. The van der Waals surface area contributed by atoms with Crippen molar-refractivity contribution in [3.05, 3.63) is 29.8 Å². The highest BCUT2D eigenvalue weighted by atomic mass is 33.1. The molecule has 1 aromatic rings. The molecule has 0 radical (unpaired) electrons. The molecule has 61 heavy (non-hydrogen) atoms. The predicted octanol–water partition coefficient (Wildman–Crippen LogP) is -2.76. The molecule has 13 N–H and O–H groups in total. The average molecular weight is 913 g/mol. The van der Waals surface area contributed by atoms with Crippen LogP contribution in [-0.4, -0.2) is 209 Å². The molecule has 3 fully saturated rings. The van der Waals surface area contributed by atoms with Gasteiger partial charge in [-0.2, -0.15) is 0 Å². The summed E-state index contributed by atoms with van der Waals surface area (Å²) in [4.78, 5) is 29.1. The van der Waals surface area contributed by atoms with Gasteiger partial charge in [0.05, 0.1) is 39.1 Å². The Morgan fingerprint density at radius 1 is 1.02 bits per heavy atom. The van der Waals surface area contributed by atoms with Gasteiger partial charge in [0, 0.05) is 29.5 Å². The SMILES string of the molecule is COC=NC1C(O)CC(OCC2OC(OC(C(O)CO)C(O)C(O)CCc3cccc(NC(=O)CCCCC4CCSS4)c3)C(O)C(O)C2O)(C(=O)O)OC1C(O)C(O)CO. The van der Waals surface area contributed by atoms with Gasteiger partial charge < -0.3 is 90.3 Å². The smallest absolute Gasteiger partial charge is 0.364 e. The topological polar surface area (TPSA) is 347 Å². The number of rotatable bonds is 24. The summed E-state index contributed by atoms with van der Waals surface area (Å²) < 4.78 is 27.1. The Morgan fingerprint density at radius 2 is 1.75 bits per heavy atom. The van der Waals surface area contributed by atoms with Crippen LogP contribution in [0.4, 0.5) is 5.69 Å². The number of aliphatic carboxylic acids is 1. The summed E-state index contributed by atoms with van der Waals surface area (Å²) in [6.45, 7) is -2.98. The number of ether oxygens (including phenoxy) is 5. The van der Waals surface area contributed by atoms with Crippen LogP contribution >= 0.6 is 21.6 Å². The van der Waals surface area contributed by atoms with Gasteiger partial charge in [-0.25, -0.2) is 9.79 Å². The van der Waals surface area contributed by atoms with Gasteiger partial charge in [0.1, 0.15) is 67.1 Å². The van der Waals surface area contributed by atoms with Crippen molar-refractivity contribution in [3.8, 4) is 0 Å². The molecule has 3 aliphatic heterocycles. The second kappa shape index (κ2) is 24.7. The lowest BCUT2D eigenvalue weighted by Crippen LogP contribution is -2.65. The standard InChI is InChI=1S/C38H60N2O19S2/c1-55-18-39-28-23(44)14-38(37(53)54,59-35(28)30(49)24(45)15-41)56-17-26-31(50)32(51)33(52)36(57-26)58-34(25(46)16-42)29(48)22(43)10-9-19-5-4-6-20(13-19)40-27(47)8-3-2-7-21-11-12-60-61-21/h4-6,13,18,21-26,28-36,41-46,48-52H,2-3,7-12,14-17H2,1H3,(H,40,47)(H,53,54). The van der Waals surface area contributed by atoms with Crippen molar-refractivity contribution in [3.63, 3.8) is 0 Å². The number of carbonyl (C=O) groups excluding carboxylic acids is 1. The van der Waals surface area contributed by atoms with Gasteiger partial charge in [0.2, 0.25) is 5.91 Å². The fraction of sp³-hybridized carbons (Fsp3) is 0.763. The number of aliphatic hydroxyl groups is 11. The fourth-order valence-electron chi connectivity index (χ4n) is 7.15. The number of hydrogen-bond acceptors (Lipinski definition) is 21. The van der Waals surface area contributed by atoms with E-state index in [4.69, 9.17) is 23.7 Å². The molecule has 0 aromatic heterocycles. The zero-order valence-corrected chi connectivity index (χ0v) is 35.2. The second-order valence-electron chi connectivity index (χ2n) is 15.2. The number of nitrogens with one attached hydrogen (secondary N) is 1. The highest BCUT2D eigenvalue weighted by Gasteiger charge is 2.57. The predicted molar refractivity (Wildman–Crippen MR) is 217 cm³/mol. The van der Waals surface area contributed by atoms with E-state index in [0.29, 0.717) is 22.9 Å². The molecule has 0 saturated carbocycles. The number of aliphatic imine (C=N–C) groups is 1. The van der Waals surface area contributed by atoms with Gasteiger partial charge in [-0.05, 0) is 49.8 Å². The third-order valence-electron chi connectivity index (χ3n) is 10.7. The Bertz CT molecular complexity index is 1530. The Hall–Kier alpha value is -2.27. The first-order chi connectivity index (χ1) is 29.0. The summed E-state index contributed by atoms with van der Waals surface area (Å²) in [5, 5.41) is 130. The number of anilines is 1. The third kappa shape index (κ3) is 14.1. The van der Waals surface area contributed by atoms with E-state index in [-0.39, 0.29) is 18.7 Å². The third-order valence-corrected chi connectivity index (χ3v) is 13.7.